The molecule has 0 aliphatic rings. The molecule has 108 valence electrons. The Bertz CT molecular complexity index is 320. The van der Waals surface area contributed by atoms with Crippen molar-refractivity contribution in [1.29, 1.82) is 0 Å². The van der Waals surface area contributed by atoms with Crippen LogP contribution in [0.1, 0.15) is 58.3 Å². The number of carbonyl (C=O) groups is 3. The normalized spacial score (nSPS) is 10.6. The Labute approximate surface area is 113 Å². The second kappa shape index (κ2) is 11.4. The highest BCUT2D eigenvalue weighted by atomic mass is 16.6. The topological polar surface area (TPSA) is 80.7 Å². The van der Waals surface area contributed by atoms with Crippen molar-refractivity contribution in [1.82, 2.24) is 0 Å². The third-order valence-electron chi connectivity index (χ3n) is 2.56. The summed E-state index contributed by atoms with van der Waals surface area (Å²) < 4.78 is 4.42. The van der Waals surface area contributed by atoms with Crippen LogP contribution >= 0.6 is 0 Å². The average molecular weight is 270 g/mol. The number of carbonyl (C=O) groups excluding carboxylic acids is 2. The molecule has 0 amide bonds. The van der Waals surface area contributed by atoms with Crippen molar-refractivity contribution in [3.63, 3.8) is 0 Å². The number of hydrogen-bond donors (Lipinski definition) is 1. The fourth-order valence-electron chi connectivity index (χ4n) is 1.56. The van der Waals surface area contributed by atoms with Crippen molar-refractivity contribution in [2.45, 2.75) is 58.3 Å². The van der Waals surface area contributed by atoms with Gasteiger partial charge < -0.3 is 9.84 Å². The monoisotopic (exact) mass is 270 g/mol. The van der Waals surface area contributed by atoms with Gasteiger partial charge in [-0.1, -0.05) is 45.4 Å². The number of rotatable bonds is 10. The van der Waals surface area contributed by atoms with Crippen LogP contribution in [0.15, 0.2) is 12.2 Å². The molecule has 1 N–H and O–H groups in total. The van der Waals surface area contributed by atoms with Crippen LogP contribution in [0.3, 0.4) is 0 Å². The lowest BCUT2D eigenvalue weighted by atomic mass is 10.1. The van der Waals surface area contributed by atoms with Crippen molar-refractivity contribution < 1.29 is 24.2 Å². The van der Waals surface area contributed by atoms with E-state index >= 15 is 0 Å². The van der Waals surface area contributed by atoms with Crippen LogP contribution in [0.2, 0.25) is 0 Å². The maximum atomic E-state index is 11.2. The first-order valence-electron chi connectivity index (χ1n) is 6.72. The molecule has 5 nitrogen and oxygen atoms in total. The summed E-state index contributed by atoms with van der Waals surface area (Å²) in [5.41, 5.74) is 0. The summed E-state index contributed by atoms with van der Waals surface area (Å²) in [7, 11) is 0. The summed E-state index contributed by atoms with van der Waals surface area (Å²) in [5.74, 6) is -2.79. The number of unbranched alkanes of at least 4 members (excludes halogenated alkanes) is 6. The van der Waals surface area contributed by atoms with Crippen LogP contribution in [-0.4, -0.2) is 23.0 Å². The molecule has 0 spiro atoms. The second-order valence-corrected chi connectivity index (χ2v) is 4.34. The lowest BCUT2D eigenvalue weighted by Gasteiger charge is -2.01. The molecule has 0 atom stereocenters. The zero-order chi connectivity index (χ0) is 14.5. The van der Waals surface area contributed by atoms with E-state index in [0.29, 0.717) is 12.5 Å². The summed E-state index contributed by atoms with van der Waals surface area (Å²) in [6.07, 6.45) is 9.13. The van der Waals surface area contributed by atoms with Gasteiger partial charge in [0.05, 0.1) is 0 Å². The predicted molar refractivity (Wildman–Crippen MR) is 70.5 cm³/mol. The predicted octanol–water partition coefficient (Wildman–Crippen LogP) is 2.84. The van der Waals surface area contributed by atoms with Gasteiger partial charge in [-0.15, -0.1) is 0 Å². The molecule has 0 saturated heterocycles. The van der Waals surface area contributed by atoms with E-state index in [4.69, 9.17) is 5.11 Å². The summed E-state index contributed by atoms with van der Waals surface area (Å²) in [5, 5.41) is 8.28. The van der Waals surface area contributed by atoms with Crippen molar-refractivity contribution in [2.24, 2.45) is 0 Å². The van der Waals surface area contributed by atoms with Crippen LogP contribution in [0.5, 0.6) is 0 Å². The van der Waals surface area contributed by atoms with Crippen molar-refractivity contribution in [3.8, 4) is 0 Å². The molecule has 0 bridgehead atoms. The Morgan fingerprint density at radius 1 is 0.947 bits per heavy atom. The number of hydrogen-bond acceptors (Lipinski definition) is 4. The molecule has 0 aromatic carbocycles. The van der Waals surface area contributed by atoms with Crippen LogP contribution in [0, 0.1) is 0 Å². The fourth-order valence-corrected chi connectivity index (χ4v) is 1.56. The van der Waals surface area contributed by atoms with Gasteiger partial charge in [0.15, 0.2) is 0 Å². The maximum Gasteiger partial charge on any atom is 0.338 e. The Kier molecular flexibility index (Phi) is 10.4. The van der Waals surface area contributed by atoms with Gasteiger partial charge in [0.25, 0.3) is 0 Å². The number of ether oxygens (including phenoxy) is 1. The summed E-state index contributed by atoms with van der Waals surface area (Å²) >= 11 is 0. The highest BCUT2D eigenvalue weighted by molar-refractivity contribution is 5.95. The zero-order valence-electron chi connectivity index (χ0n) is 11.4. The number of carboxylic acid groups (broad SMARTS) is 1. The Hall–Kier alpha value is -1.65. The Morgan fingerprint density at radius 2 is 1.53 bits per heavy atom. The molecular formula is C14H22O5. The minimum absolute atomic E-state index is 0.195. The maximum absolute atomic E-state index is 11.2. The van der Waals surface area contributed by atoms with Gasteiger partial charge in [-0.25, -0.2) is 9.59 Å². The summed E-state index contributed by atoms with van der Waals surface area (Å²) in [6.45, 7) is 2.16. The second-order valence-electron chi connectivity index (χ2n) is 4.34. The lowest BCUT2D eigenvalue weighted by molar-refractivity contribution is -0.156. The summed E-state index contributed by atoms with van der Waals surface area (Å²) in [4.78, 5) is 32.3. The van der Waals surface area contributed by atoms with E-state index in [0.717, 1.165) is 18.9 Å². The minimum atomic E-state index is -1.25. The van der Waals surface area contributed by atoms with E-state index in [1.165, 1.54) is 25.7 Å². The Balaban J connectivity index is 3.54. The minimum Gasteiger partial charge on any atom is -0.478 e. The largest absolute Gasteiger partial charge is 0.478 e. The number of aliphatic carboxylic acids is 1. The van der Waals surface area contributed by atoms with E-state index in [1.54, 1.807) is 0 Å². The molecule has 0 unspecified atom stereocenters. The molecule has 0 heterocycles. The van der Waals surface area contributed by atoms with Crippen molar-refractivity contribution in [3.05, 3.63) is 12.2 Å². The first-order valence-corrected chi connectivity index (χ1v) is 6.72. The molecule has 0 radical (unpaired) electrons. The van der Waals surface area contributed by atoms with Gasteiger partial charge in [0.2, 0.25) is 0 Å². The van der Waals surface area contributed by atoms with Gasteiger partial charge in [0.1, 0.15) is 0 Å². The van der Waals surface area contributed by atoms with Gasteiger partial charge >= 0.3 is 17.9 Å². The smallest absolute Gasteiger partial charge is 0.338 e. The van der Waals surface area contributed by atoms with Gasteiger partial charge in [0, 0.05) is 18.6 Å². The van der Waals surface area contributed by atoms with Gasteiger partial charge in [-0.3, -0.25) is 4.79 Å². The molecule has 0 aliphatic heterocycles. The van der Waals surface area contributed by atoms with Crippen molar-refractivity contribution >= 4 is 17.9 Å². The SMILES string of the molecule is CCCCCCCCCC(=O)OC(=O)/C=C/C(=O)O. The average Bonchev–Trinajstić information content (AvgIpc) is 2.35. The third kappa shape index (κ3) is 12.6. The van der Waals surface area contributed by atoms with E-state index < -0.39 is 17.9 Å². The van der Waals surface area contributed by atoms with Gasteiger partial charge in [-0.05, 0) is 6.42 Å². The molecular weight excluding hydrogens is 248 g/mol. The zero-order valence-corrected chi connectivity index (χ0v) is 11.4. The first-order chi connectivity index (χ1) is 9.06. The van der Waals surface area contributed by atoms with E-state index in [-0.39, 0.29) is 6.42 Å². The molecule has 0 rings (SSSR count). The Morgan fingerprint density at radius 3 is 2.11 bits per heavy atom. The molecule has 0 aliphatic carbocycles. The standard InChI is InChI=1S/C14H22O5/c1-2-3-4-5-6-7-8-9-13(17)19-14(18)11-10-12(15)16/h10-11H,2-9H2,1H3,(H,15,16)/b11-10+. The molecule has 0 aromatic rings. The highest BCUT2D eigenvalue weighted by Crippen LogP contribution is 2.08. The highest BCUT2D eigenvalue weighted by Gasteiger charge is 2.07. The van der Waals surface area contributed by atoms with Crippen molar-refractivity contribution in [2.75, 3.05) is 0 Å². The van der Waals surface area contributed by atoms with Crippen LogP contribution in [0.25, 0.3) is 0 Å². The molecule has 19 heavy (non-hydrogen) atoms. The molecule has 0 aromatic heterocycles. The fraction of sp³-hybridized carbons (Fsp3) is 0.643. The van der Waals surface area contributed by atoms with Crippen LogP contribution in [-0.2, 0) is 19.1 Å². The summed E-state index contributed by atoms with van der Waals surface area (Å²) in [6, 6.07) is 0. The third-order valence-corrected chi connectivity index (χ3v) is 2.56. The van der Waals surface area contributed by atoms with E-state index in [1.807, 2.05) is 0 Å². The number of carboxylic acids is 1. The quantitative estimate of drug-likeness (QED) is 0.286. The molecule has 0 saturated carbocycles. The number of esters is 2. The molecule has 5 heteroatoms. The van der Waals surface area contributed by atoms with E-state index in [9.17, 15) is 14.4 Å². The van der Waals surface area contributed by atoms with Crippen LogP contribution in [0.4, 0.5) is 0 Å². The van der Waals surface area contributed by atoms with E-state index in [2.05, 4.69) is 11.7 Å². The lowest BCUT2D eigenvalue weighted by Crippen LogP contribution is -2.10. The van der Waals surface area contributed by atoms with Crippen LogP contribution < -0.4 is 0 Å². The molecule has 0 fully saturated rings. The first kappa shape index (κ1) is 17.4. The van der Waals surface area contributed by atoms with Gasteiger partial charge in [-0.2, -0.15) is 0 Å².